The van der Waals surface area contributed by atoms with E-state index < -0.39 is 6.04 Å². The first kappa shape index (κ1) is 22.0. The number of aryl methyl sites for hydroxylation is 1. The molecule has 0 fully saturated rings. The summed E-state index contributed by atoms with van der Waals surface area (Å²) in [4.78, 5) is 26.9. The molecule has 2 aromatic carbocycles. The first-order valence-corrected chi connectivity index (χ1v) is 10.2. The summed E-state index contributed by atoms with van der Waals surface area (Å²) in [6.07, 6.45) is 0.842. The van der Waals surface area contributed by atoms with E-state index in [1.54, 1.807) is 11.8 Å². The maximum Gasteiger partial charge on any atom is 0.261 e. The third-order valence-corrected chi connectivity index (χ3v) is 4.80. The maximum absolute atomic E-state index is 12.9. The fourth-order valence-corrected chi connectivity index (χ4v) is 3.19. The summed E-state index contributed by atoms with van der Waals surface area (Å²) in [6.45, 7) is 6.49. The van der Waals surface area contributed by atoms with E-state index >= 15 is 0 Å². The van der Waals surface area contributed by atoms with Crippen LogP contribution in [-0.4, -0.2) is 35.9 Å². The molecule has 0 saturated carbocycles. The van der Waals surface area contributed by atoms with Crippen LogP contribution in [-0.2, 0) is 16.1 Å². The lowest BCUT2D eigenvalue weighted by atomic mass is 10.1. The molecule has 28 heavy (non-hydrogen) atoms. The van der Waals surface area contributed by atoms with Gasteiger partial charge in [0.25, 0.3) is 5.91 Å². The monoisotopic (exact) mass is 446 g/mol. The summed E-state index contributed by atoms with van der Waals surface area (Å²) >= 11 is 3.45. The van der Waals surface area contributed by atoms with Crippen LogP contribution in [0.25, 0.3) is 0 Å². The Morgan fingerprint density at radius 3 is 2.61 bits per heavy atom. The van der Waals surface area contributed by atoms with Crippen molar-refractivity contribution in [2.24, 2.45) is 0 Å². The Bertz CT molecular complexity index is 810. The molecule has 0 aromatic heterocycles. The number of nitrogens with zero attached hydrogens (tertiary/aromatic N) is 1. The highest BCUT2D eigenvalue weighted by Crippen LogP contribution is 2.17. The van der Waals surface area contributed by atoms with Crippen molar-refractivity contribution in [3.63, 3.8) is 0 Å². The lowest BCUT2D eigenvalue weighted by Crippen LogP contribution is -2.49. The van der Waals surface area contributed by atoms with E-state index in [4.69, 9.17) is 4.74 Å². The summed E-state index contributed by atoms with van der Waals surface area (Å²) in [5.74, 6) is 0.236. The van der Waals surface area contributed by atoms with Crippen LogP contribution in [0, 0.1) is 6.92 Å². The number of ether oxygens (including phenoxy) is 1. The summed E-state index contributed by atoms with van der Waals surface area (Å²) < 4.78 is 6.60. The zero-order valence-corrected chi connectivity index (χ0v) is 18.2. The normalized spacial score (nSPS) is 11.6. The van der Waals surface area contributed by atoms with Crippen LogP contribution in [0.4, 0.5) is 0 Å². The van der Waals surface area contributed by atoms with E-state index in [1.807, 2.05) is 62.4 Å². The van der Waals surface area contributed by atoms with E-state index in [0.29, 0.717) is 18.8 Å². The second-order valence-electron chi connectivity index (χ2n) is 6.72. The molecule has 6 heteroatoms. The lowest BCUT2D eigenvalue weighted by molar-refractivity contribution is -0.142. The van der Waals surface area contributed by atoms with Gasteiger partial charge in [-0.25, -0.2) is 0 Å². The fourth-order valence-electron chi connectivity index (χ4n) is 2.74. The van der Waals surface area contributed by atoms with Gasteiger partial charge in [0.1, 0.15) is 11.8 Å². The molecule has 0 spiro atoms. The van der Waals surface area contributed by atoms with Gasteiger partial charge in [-0.1, -0.05) is 47.1 Å². The molecule has 0 aliphatic heterocycles. The zero-order chi connectivity index (χ0) is 20.5. The Kier molecular flexibility index (Phi) is 8.51. The van der Waals surface area contributed by atoms with Gasteiger partial charge in [-0.05, 0) is 55.7 Å². The number of carbonyl (C=O) groups excluding carboxylic acids is 2. The van der Waals surface area contributed by atoms with Crippen molar-refractivity contribution in [2.45, 2.75) is 39.8 Å². The third-order valence-electron chi connectivity index (χ3n) is 4.31. The summed E-state index contributed by atoms with van der Waals surface area (Å²) in [6, 6.07) is 14.7. The number of rotatable bonds is 9. The molecule has 2 aromatic rings. The van der Waals surface area contributed by atoms with E-state index in [1.165, 1.54) is 0 Å². The topological polar surface area (TPSA) is 58.6 Å². The number of carbonyl (C=O) groups is 2. The molecule has 0 heterocycles. The van der Waals surface area contributed by atoms with Gasteiger partial charge in [0.15, 0.2) is 6.61 Å². The van der Waals surface area contributed by atoms with Crippen molar-refractivity contribution >= 4 is 27.7 Å². The van der Waals surface area contributed by atoms with Crippen molar-refractivity contribution < 1.29 is 14.3 Å². The lowest BCUT2D eigenvalue weighted by Gasteiger charge is -2.28. The standard InChI is InChI=1S/C22H27BrN2O3/c1-4-11-24-22(27)17(3)25(14-18-8-6-9-19(23)13-18)21(26)15-28-20-10-5-7-16(2)12-20/h5-10,12-13,17H,4,11,14-15H2,1-3H3,(H,24,27). The van der Waals surface area contributed by atoms with Crippen molar-refractivity contribution in [1.82, 2.24) is 10.2 Å². The average Bonchev–Trinajstić information content (AvgIpc) is 2.68. The smallest absolute Gasteiger partial charge is 0.261 e. The number of hydrogen-bond donors (Lipinski definition) is 1. The van der Waals surface area contributed by atoms with E-state index in [9.17, 15) is 9.59 Å². The summed E-state index contributed by atoms with van der Waals surface area (Å²) in [5, 5.41) is 2.86. The van der Waals surface area contributed by atoms with Gasteiger partial charge in [0.2, 0.25) is 5.91 Å². The van der Waals surface area contributed by atoms with Gasteiger partial charge in [0, 0.05) is 17.6 Å². The highest BCUT2D eigenvalue weighted by atomic mass is 79.9. The molecule has 2 amide bonds. The molecule has 1 unspecified atom stereocenters. The molecular formula is C22H27BrN2O3. The quantitative estimate of drug-likeness (QED) is 0.630. The van der Waals surface area contributed by atoms with Crippen LogP contribution in [0.5, 0.6) is 5.75 Å². The van der Waals surface area contributed by atoms with Crippen LogP contribution in [0.15, 0.2) is 53.0 Å². The minimum Gasteiger partial charge on any atom is -0.484 e. The molecule has 0 bridgehead atoms. The Hall–Kier alpha value is -2.34. The molecular weight excluding hydrogens is 420 g/mol. The molecule has 0 radical (unpaired) electrons. The largest absolute Gasteiger partial charge is 0.484 e. The number of amides is 2. The second kappa shape index (κ2) is 10.9. The molecule has 5 nitrogen and oxygen atoms in total. The van der Waals surface area contributed by atoms with Gasteiger partial charge >= 0.3 is 0 Å². The van der Waals surface area contributed by atoms with Crippen LogP contribution < -0.4 is 10.1 Å². The highest BCUT2D eigenvalue weighted by Gasteiger charge is 2.26. The fraction of sp³-hybridized carbons (Fsp3) is 0.364. The van der Waals surface area contributed by atoms with E-state index in [-0.39, 0.29) is 18.4 Å². The van der Waals surface area contributed by atoms with Crippen LogP contribution in [0.2, 0.25) is 0 Å². The number of benzene rings is 2. The van der Waals surface area contributed by atoms with Crippen LogP contribution in [0.1, 0.15) is 31.4 Å². The Morgan fingerprint density at radius 2 is 1.93 bits per heavy atom. The third kappa shape index (κ3) is 6.68. The predicted molar refractivity (Wildman–Crippen MR) is 114 cm³/mol. The maximum atomic E-state index is 12.9. The van der Waals surface area contributed by atoms with Crippen LogP contribution in [0.3, 0.4) is 0 Å². The van der Waals surface area contributed by atoms with E-state index in [2.05, 4.69) is 21.2 Å². The van der Waals surface area contributed by atoms with Crippen molar-refractivity contribution in [2.75, 3.05) is 13.2 Å². The first-order valence-electron chi connectivity index (χ1n) is 9.41. The molecule has 1 N–H and O–H groups in total. The second-order valence-corrected chi connectivity index (χ2v) is 7.64. The zero-order valence-electron chi connectivity index (χ0n) is 16.6. The molecule has 0 aliphatic carbocycles. The molecule has 1 atom stereocenters. The Morgan fingerprint density at radius 1 is 1.18 bits per heavy atom. The Labute approximate surface area is 175 Å². The predicted octanol–water partition coefficient (Wildman–Crippen LogP) is 4.08. The van der Waals surface area contributed by atoms with Crippen molar-refractivity contribution in [1.29, 1.82) is 0 Å². The van der Waals surface area contributed by atoms with Gasteiger partial charge in [-0.15, -0.1) is 0 Å². The van der Waals surface area contributed by atoms with Gasteiger partial charge in [-0.3, -0.25) is 9.59 Å². The van der Waals surface area contributed by atoms with E-state index in [0.717, 1.165) is 22.0 Å². The highest BCUT2D eigenvalue weighted by molar-refractivity contribution is 9.10. The minimum atomic E-state index is -0.598. The summed E-state index contributed by atoms with van der Waals surface area (Å²) in [7, 11) is 0. The van der Waals surface area contributed by atoms with Gasteiger partial charge in [-0.2, -0.15) is 0 Å². The van der Waals surface area contributed by atoms with Gasteiger partial charge < -0.3 is 15.0 Å². The van der Waals surface area contributed by atoms with Gasteiger partial charge in [0.05, 0.1) is 0 Å². The molecule has 150 valence electrons. The van der Waals surface area contributed by atoms with Crippen LogP contribution >= 0.6 is 15.9 Å². The average molecular weight is 447 g/mol. The molecule has 2 rings (SSSR count). The Balaban J connectivity index is 2.13. The molecule has 0 saturated heterocycles. The SMILES string of the molecule is CCCNC(=O)C(C)N(Cc1cccc(Br)c1)C(=O)COc1cccc(C)c1. The number of hydrogen-bond acceptors (Lipinski definition) is 3. The number of halogens is 1. The summed E-state index contributed by atoms with van der Waals surface area (Å²) in [5.41, 5.74) is 2.00. The molecule has 0 aliphatic rings. The first-order chi connectivity index (χ1) is 13.4. The minimum absolute atomic E-state index is 0.122. The van der Waals surface area contributed by atoms with Crippen molar-refractivity contribution in [3.8, 4) is 5.75 Å². The number of nitrogens with one attached hydrogen (secondary N) is 1. The van der Waals surface area contributed by atoms with Crippen molar-refractivity contribution in [3.05, 3.63) is 64.1 Å².